The summed E-state index contributed by atoms with van der Waals surface area (Å²) >= 11 is 6.03. The normalized spacial score (nSPS) is 10.4. The summed E-state index contributed by atoms with van der Waals surface area (Å²) in [5.74, 6) is -0.447. The van der Waals surface area contributed by atoms with Crippen LogP contribution in [0.5, 0.6) is 5.88 Å². The van der Waals surface area contributed by atoms with Gasteiger partial charge in [-0.15, -0.1) is 5.10 Å². The first-order valence-electron chi connectivity index (χ1n) is 7.21. The molecule has 2 rings (SSSR count). The smallest absolute Gasteiger partial charge is 0.261 e. The summed E-state index contributed by atoms with van der Waals surface area (Å²) in [6.07, 6.45) is 1.55. The number of carbonyl (C=O) groups excluding carboxylic acids is 2. The zero-order valence-electron chi connectivity index (χ0n) is 14.0. The number of halogens is 1. The Balaban J connectivity index is 2.05. The number of nitrogens with one attached hydrogen (secondary N) is 1. The molecule has 0 unspecified atom stereocenters. The van der Waals surface area contributed by atoms with E-state index < -0.39 is 0 Å². The van der Waals surface area contributed by atoms with Crippen molar-refractivity contribution in [1.82, 2.24) is 14.7 Å². The van der Waals surface area contributed by atoms with E-state index in [9.17, 15) is 9.59 Å². The number of ether oxygens (including phenoxy) is 1. The fourth-order valence-electron chi connectivity index (χ4n) is 2.19. The van der Waals surface area contributed by atoms with Crippen LogP contribution in [0.1, 0.15) is 15.9 Å². The lowest BCUT2D eigenvalue weighted by atomic mass is 10.2. The van der Waals surface area contributed by atoms with Crippen LogP contribution in [0, 0.1) is 6.92 Å². The molecule has 0 aliphatic carbocycles. The van der Waals surface area contributed by atoms with Gasteiger partial charge in [-0.25, -0.2) is 0 Å². The van der Waals surface area contributed by atoms with E-state index in [0.29, 0.717) is 16.3 Å². The summed E-state index contributed by atoms with van der Waals surface area (Å²) < 4.78 is 6.55. The van der Waals surface area contributed by atoms with Gasteiger partial charge in [0.25, 0.3) is 5.91 Å². The van der Waals surface area contributed by atoms with Crippen molar-refractivity contribution in [1.29, 1.82) is 0 Å². The third kappa shape index (κ3) is 3.86. The van der Waals surface area contributed by atoms with Gasteiger partial charge in [-0.2, -0.15) is 0 Å². The molecule has 1 aromatic heterocycles. The van der Waals surface area contributed by atoms with Gasteiger partial charge in [0, 0.05) is 31.0 Å². The number of aryl methyl sites for hydroxylation is 1. The predicted molar refractivity (Wildman–Crippen MR) is 91.5 cm³/mol. The van der Waals surface area contributed by atoms with Crippen molar-refractivity contribution in [2.45, 2.75) is 6.92 Å². The molecule has 7 nitrogen and oxygen atoms in total. The topological polar surface area (TPSA) is 76.5 Å². The molecule has 0 bridgehead atoms. The predicted octanol–water partition coefficient (Wildman–Crippen LogP) is 2.10. The Morgan fingerprint density at radius 1 is 1.42 bits per heavy atom. The van der Waals surface area contributed by atoms with Gasteiger partial charge in [-0.3, -0.25) is 14.3 Å². The van der Waals surface area contributed by atoms with Gasteiger partial charge in [0.05, 0.1) is 13.7 Å². The Hall–Kier alpha value is -2.54. The lowest BCUT2D eigenvalue weighted by Gasteiger charge is -2.17. The minimum atomic E-state index is -0.349. The van der Waals surface area contributed by atoms with Gasteiger partial charge >= 0.3 is 0 Å². The second kappa shape index (κ2) is 7.35. The summed E-state index contributed by atoms with van der Waals surface area (Å²) in [7, 11) is 4.67. The van der Waals surface area contributed by atoms with Crippen molar-refractivity contribution in [2.24, 2.45) is 7.05 Å². The minimum Gasteiger partial charge on any atom is -0.479 e. The quantitative estimate of drug-likeness (QED) is 0.896. The highest BCUT2D eigenvalue weighted by atomic mass is 35.5. The molecule has 0 aliphatic heterocycles. The molecule has 0 saturated carbocycles. The highest BCUT2D eigenvalue weighted by Gasteiger charge is 2.21. The van der Waals surface area contributed by atoms with Gasteiger partial charge in [-0.1, -0.05) is 17.7 Å². The van der Waals surface area contributed by atoms with Crippen LogP contribution < -0.4 is 10.1 Å². The summed E-state index contributed by atoms with van der Waals surface area (Å²) in [6, 6.07) is 5.25. The van der Waals surface area contributed by atoms with E-state index in [1.165, 1.54) is 16.7 Å². The van der Waals surface area contributed by atoms with Crippen LogP contribution in [-0.2, 0) is 11.8 Å². The summed E-state index contributed by atoms with van der Waals surface area (Å²) in [6.45, 7) is 1.70. The fourth-order valence-corrected chi connectivity index (χ4v) is 2.37. The second-order valence-electron chi connectivity index (χ2n) is 5.35. The van der Waals surface area contributed by atoms with E-state index in [-0.39, 0.29) is 24.2 Å². The number of rotatable bonds is 5. The molecule has 1 heterocycles. The fraction of sp³-hybridized carbons (Fsp3) is 0.312. The molecule has 8 heteroatoms. The van der Waals surface area contributed by atoms with Gasteiger partial charge in [0.2, 0.25) is 11.8 Å². The average Bonchev–Trinajstić information content (AvgIpc) is 2.92. The van der Waals surface area contributed by atoms with E-state index in [0.717, 1.165) is 5.56 Å². The van der Waals surface area contributed by atoms with Crippen LogP contribution in [0.2, 0.25) is 5.02 Å². The molecule has 0 spiro atoms. The Labute approximate surface area is 145 Å². The van der Waals surface area contributed by atoms with Crippen molar-refractivity contribution in [3.63, 3.8) is 0 Å². The Kier molecular flexibility index (Phi) is 5.46. The minimum absolute atomic E-state index is 0.108. The molecule has 1 aromatic carbocycles. The summed E-state index contributed by atoms with van der Waals surface area (Å²) in [5.41, 5.74) is 1.69. The molecule has 2 aromatic rings. The second-order valence-corrected chi connectivity index (χ2v) is 5.75. The molecule has 0 saturated heterocycles. The van der Waals surface area contributed by atoms with Crippen LogP contribution in [0.15, 0.2) is 24.4 Å². The zero-order valence-corrected chi connectivity index (χ0v) is 14.7. The maximum absolute atomic E-state index is 12.4. The third-order valence-electron chi connectivity index (χ3n) is 3.49. The molecular weight excluding hydrogens is 332 g/mol. The van der Waals surface area contributed by atoms with E-state index in [4.69, 9.17) is 16.3 Å². The van der Waals surface area contributed by atoms with Crippen molar-refractivity contribution >= 4 is 29.1 Å². The number of aromatic nitrogens is 2. The number of methoxy groups -OCH3 is 1. The maximum atomic E-state index is 12.4. The van der Waals surface area contributed by atoms with E-state index >= 15 is 0 Å². The monoisotopic (exact) mass is 350 g/mol. The molecule has 128 valence electrons. The number of likely N-dealkylation sites (N-methyl/N-ethyl adjacent to an activating group) is 1. The Bertz CT molecular complexity index is 773. The van der Waals surface area contributed by atoms with Crippen LogP contribution in [0.4, 0.5) is 5.69 Å². The SMILES string of the molecule is COc1nn(C)cc1C(=O)N(C)CC(=O)Nc1cccc(Cl)c1C. The van der Waals surface area contributed by atoms with Crippen LogP contribution in [0.3, 0.4) is 0 Å². The molecule has 0 radical (unpaired) electrons. The van der Waals surface area contributed by atoms with Gasteiger partial charge in [-0.05, 0) is 24.6 Å². The number of hydrogen-bond acceptors (Lipinski definition) is 4. The highest BCUT2D eigenvalue weighted by molar-refractivity contribution is 6.31. The zero-order chi connectivity index (χ0) is 17.9. The van der Waals surface area contributed by atoms with Gasteiger partial charge in [0.1, 0.15) is 5.56 Å². The van der Waals surface area contributed by atoms with E-state index in [1.54, 1.807) is 38.5 Å². The first-order chi connectivity index (χ1) is 11.3. The van der Waals surface area contributed by atoms with Crippen molar-refractivity contribution in [3.8, 4) is 5.88 Å². The van der Waals surface area contributed by atoms with Crippen LogP contribution in [-0.4, -0.2) is 47.2 Å². The lowest BCUT2D eigenvalue weighted by molar-refractivity contribution is -0.116. The lowest BCUT2D eigenvalue weighted by Crippen LogP contribution is -2.35. The summed E-state index contributed by atoms with van der Waals surface area (Å²) in [5, 5.41) is 7.35. The largest absolute Gasteiger partial charge is 0.479 e. The Morgan fingerprint density at radius 2 is 2.12 bits per heavy atom. The average molecular weight is 351 g/mol. The molecule has 0 fully saturated rings. The number of amides is 2. The molecule has 1 N–H and O–H groups in total. The van der Waals surface area contributed by atoms with Crippen molar-refractivity contribution in [2.75, 3.05) is 26.0 Å². The number of carbonyl (C=O) groups is 2. The van der Waals surface area contributed by atoms with Gasteiger partial charge < -0.3 is 15.0 Å². The first-order valence-corrected chi connectivity index (χ1v) is 7.59. The number of nitrogens with zero attached hydrogens (tertiary/aromatic N) is 3. The molecule has 2 amide bonds. The molecule has 0 atom stereocenters. The number of anilines is 1. The van der Waals surface area contributed by atoms with Gasteiger partial charge in [0.15, 0.2) is 0 Å². The van der Waals surface area contributed by atoms with Crippen molar-refractivity contribution < 1.29 is 14.3 Å². The maximum Gasteiger partial charge on any atom is 0.261 e. The summed E-state index contributed by atoms with van der Waals surface area (Å²) in [4.78, 5) is 25.9. The molecular formula is C16H19ClN4O3. The molecule has 0 aliphatic rings. The van der Waals surface area contributed by atoms with Crippen LogP contribution >= 0.6 is 11.6 Å². The molecule has 24 heavy (non-hydrogen) atoms. The number of hydrogen-bond donors (Lipinski definition) is 1. The van der Waals surface area contributed by atoms with Crippen LogP contribution in [0.25, 0.3) is 0 Å². The van der Waals surface area contributed by atoms with E-state index in [1.807, 2.05) is 6.92 Å². The van der Waals surface area contributed by atoms with Crippen molar-refractivity contribution in [3.05, 3.63) is 40.5 Å². The standard InChI is InChI=1S/C16H19ClN4O3/c1-10-12(17)6-5-7-13(10)18-14(22)9-20(2)16(23)11-8-21(3)19-15(11)24-4/h5-8H,9H2,1-4H3,(H,18,22). The number of benzene rings is 1. The van der Waals surface area contributed by atoms with E-state index in [2.05, 4.69) is 10.4 Å². The third-order valence-corrected chi connectivity index (χ3v) is 3.90. The Morgan fingerprint density at radius 3 is 2.79 bits per heavy atom. The highest BCUT2D eigenvalue weighted by Crippen LogP contribution is 2.23. The first kappa shape index (κ1) is 17.8.